The molecule has 0 aliphatic carbocycles. The standard InChI is InChI=1S/C22H34O20/c23-3-6-11(28)18(33)21(35)22(39-6,41-10(27)2-1-9(26)40-21)42-17-8(5-25)37-20(15(32)13(17)30)38-16-7(4-24)36-19(34)14(31)12(16)29/h6-8,11-20,23-25,28-35H,1-5H2/t6-,7-,8-,11-,12-,13-,14-,15-,16-,17-,18+,19+,20?,21-,22?/m1/s1. The molecule has 0 amide bonds. The third-order valence-corrected chi connectivity index (χ3v) is 7.32. The molecular weight excluding hydrogens is 584 g/mol. The van der Waals surface area contributed by atoms with Crippen LogP contribution in [0.5, 0.6) is 0 Å². The minimum absolute atomic E-state index is 0.646. The molecule has 0 saturated carbocycles. The van der Waals surface area contributed by atoms with Gasteiger partial charge in [-0.1, -0.05) is 0 Å². The number of hydrogen-bond acceptors (Lipinski definition) is 20. The second-order valence-corrected chi connectivity index (χ2v) is 10.1. The third-order valence-electron chi connectivity index (χ3n) is 7.32. The minimum Gasteiger partial charge on any atom is -0.420 e. The van der Waals surface area contributed by atoms with E-state index in [0.29, 0.717) is 0 Å². The van der Waals surface area contributed by atoms with E-state index in [4.69, 9.17) is 33.2 Å². The number of carbonyl (C=O) groups excluding carboxylic acids is 2. The Hall–Kier alpha value is -1.70. The molecule has 4 heterocycles. The average molecular weight is 618 g/mol. The lowest BCUT2D eigenvalue weighted by molar-refractivity contribution is -0.536. The van der Waals surface area contributed by atoms with Crippen LogP contribution in [0, 0.1) is 0 Å². The normalized spacial score (nSPS) is 50.2. The van der Waals surface area contributed by atoms with Gasteiger partial charge >= 0.3 is 23.7 Å². The lowest BCUT2D eigenvalue weighted by atomic mass is 9.92. The molecule has 11 N–H and O–H groups in total. The van der Waals surface area contributed by atoms with Gasteiger partial charge in [0.1, 0.15) is 61.0 Å². The highest BCUT2D eigenvalue weighted by molar-refractivity contribution is 5.79. The first kappa shape index (κ1) is 33.2. The highest BCUT2D eigenvalue weighted by atomic mass is 16.9. The van der Waals surface area contributed by atoms with E-state index >= 15 is 0 Å². The molecule has 0 spiro atoms. The van der Waals surface area contributed by atoms with Crippen molar-refractivity contribution in [3.05, 3.63) is 0 Å². The summed E-state index contributed by atoms with van der Waals surface area (Å²) < 4.78 is 36.7. The molecule has 0 aromatic heterocycles. The van der Waals surface area contributed by atoms with Gasteiger partial charge in [-0.3, -0.25) is 9.59 Å². The molecule has 242 valence electrons. The molecule has 4 aliphatic heterocycles. The first-order chi connectivity index (χ1) is 19.7. The minimum atomic E-state index is -3.54. The first-order valence-electron chi connectivity index (χ1n) is 12.8. The Bertz CT molecular complexity index is 964. The van der Waals surface area contributed by atoms with Gasteiger partial charge in [-0.2, -0.15) is 0 Å². The van der Waals surface area contributed by atoms with Gasteiger partial charge in [-0.05, 0) is 0 Å². The molecule has 4 fully saturated rings. The summed E-state index contributed by atoms with van der Waals surface area (Å²) in [5, 5.41) is 113. The lowest BCUT2D eigenvalue weighted by Crippen LogP contribution is -2.78. The Morgan fingerprint density at radius 2 is 1.24 bits per heavy atom. The number of esters is 2. The number of carbonyl (C=O) groups is 2. The van der Waals surface area contributed by atoms with Gasteiger partial charge in [0.15, 0.2) is 18.7 Å². The van der Waals surface area contributed by atoms with Gasteiger partial charge < -0.3 is 89.3 Å². The number of aliphatic hydroxyl groups excluding tert-OH is 10. The van der Waals surface area contributed by atoms with E-state index in [1.807, 2.05) is 0 Å². The zero-order valence-electron chi connectivity index (χ0n) is 21.6. The van der Waals surface area contributed by atoms with Gasteiger partial charge in [0.2, 0.25) is 0 Å². The Kier molecular flexibility index (Phi) is 10.1. The smallest absolute Gasteiger partial charge is 0.402 e. The van der Waals surface area contributed by atoms with Crippen molar-refractivity contribution < 1.29 is 98.9 Å². The Morgan fingerprint density at radius 3 is 1.83 bits per heavy atom. The summed E-state index contributed by atoms with van der Waals surface area (Å²) in [6, 6.07) is 0. The van der Waals surface area contributed by atoms with E-state index in [0.717, 1.165) is 0 Å². The van der Waals surface area contributed by atoms with Crippen molar-refractivity contribution in [3.8, 4) is 0 Å². The van der Waals surface area contributed by atoms with Crippen LogP contribution in [0.4, 0.5) is 0 Å². The van der Waals surface area contributed by atoms with Crippen LogP contribution in [0.2, 0.25) is 0 Å². The van der Waals surface area contributed by atoms with Crippen LogP contribution >= 0.6 is 0 Å². The van der Waals surface area contributed by atoms with Crippen molar-refractivity contribution >= 4 is 11.9 Å². The summed E-state index contributed by atoms with van der Waals surface area (Å²) >= 11 is 0. The van der Waals surface area contributed by atoms with E-state index in [1.54, 1.807) is 0 Å². The van der Waals surface area contributed by atoms with Crippen LogP contribution in [-0.4, -0.2) is 179 Å². The van der Waals surface area contributed by atoms with Crippen LogP contribution in [0.15, 0.2) is 0 Å². The number of fused-ring (bicyclic) bond motifs is 1. The molecule has 0 radical (unpaired) electrons. The van der Waals surface area contributed by atoms with Gasteiger partial charge in [0.05, 0.1) is 32.7 Å². The van der Waals surface area contributed by atoms with Gasteiger partial charge in [0, 0.05) is 0 Å². The molecular formula is C22H34O20. The molecule has 4 rings (SSSR count). The van der Waals surface area contributed by atoms with Crippen molar-refractivity contribution in [1.29, 1.82) is 0 Å². The van der Waals surface area contributed by atoms with E-state index in [-0.39, 0.29) is 0 Å². The maximum atomic E-state index is 12.5. The summed E-state index contributed by atoms with van der Waals surface area (Å²) in [4.78, 5) is 24.8. The van der Waals surface area contributed by atoms with Gasteiger partial charge in [-0.15, -0.1) is 0 Å². The predicted octanol–water partition coefficient (Wildman–Crippen LogP) is -8.04. The molecule has 4 saturated heterocycles. The number of ether oxygens (including phenoxy) is 7. The van der Waals surface area contributed by atoms with E-state index in [2.05, 4.69) is 0 Å². The number of rotatable bonds is 7. The Labute approximate surface area is 235 Å². The van der Waals surface area contributed by atoms with Crippen LogP contribution in [0.3, 0.4) is 0 Å². The highest BCUT2D eigenvalue weighted by Gasteiger charge is 2.73. The topological polar surface area (TPSA) is 321 Å². The second-order valence-electron chi connectivity index (χ2n) is 10.1. The maximum Gasteiger partial charge on any atom is 0.402 e. The number of hydrogen-bond donors (Lipinski definition) is 11. The van der Waals surface area contributed by atoms with Gasteiger partial charge in [0.25, 0.3) is 0 Å². The van der Waals surface area contributed by atoms with Crippen LogP contribution < -0.4 is 0 Å². The summed E-state index contributed by atoms with van der Waals surface area (Å²) in [7, 11) is 0. The maximum absolute atomic E-state index is 12.5. The fourth-order valence-corrected chi connectivity index (χ4v) is 4.98. The largest absolute Gasteiger partial charge is 0.420 e. The van der Waals surface area contributed by atoms with Crippen LogP contribution in [0.1, 0.15) is 12.8 Å². The van der Waals surface area contributed by atoms with E-state index < -0.39 is 136 Å². The quantitative estimate of drug-likeness (QED) is 0.118. The van der Waals surface area contributed by atoms with Crippen molar-refractivity contribution in [3.63, 3.8) is 0 Å². The van der Waals surface area contributed by atoms with E-state index in [9.17, 15) is 65.8 Å². The van der Waals surface area contributed by atoms with Gasteiger partial charge in [-0.25, -0.2) is 0 Å². The van der Waals surface area contributed by atoms with Crippen molar-refractivity contribution in [2.45, 2.75) is 104 Å². The summed E-state index contributed by atoms with van der Waals surface area (Å²) in [5.41, 5.74) is 0. The summed E-state index contributed by atoms with van der Waals surface area (Å²) in [6.07, 6.45) is -27.0. The predicted molar refractivity (Wildman–Crippen MR) is 121 cm³/mol. The SMILES string of the molecule is O=C1CCC(=O)O[C@]2(O)[C@@H](O)[C@H](O)[C@@H](CO)OC2(O[C@H]2[C@H](O)[C@@H](O)C(O[C@H]3[C@H](O)[C@@H](O)[C@@H](O)O[C@@H]3CO)O[C@@H]2CO)O1. The zero-order valence-corrected chi connectivity index (χ0v) is 21.6. The van der Waals surface area contributed by atoms with Crippen LogP contribution in [0.25, 0.3) is 0 Å². The molecule has 2 unspecified atom stereocenters. The Balaban J connectivity index is 1.65. The molecule has 0 aromatic carbocycles. The molecule has 0 aromatic rings. The average Bonchev–Trinajstić information content (AvgIpc) is 2.96. The highest BCUT2D eigenvalue weighted by Crippen LogP contribution is 2.45. The fraction of sp³-hybridized carbons (Fsp3) is 0.909. The zero-order chi connectivity index (χ0) is 31.1. The molecule has 20 heteroatoms. The molecule has 20 nitrogen and oxygen atoms in total. The Morgan fingerprint density at radius 1 is 0.690 bits per heavy atom. The number of aliphatic hydroxyl groups is 11. The van der Waals surface area contributed by atoms with Crippen molar-refractivity contribution in [2.75, 3.05) is 19.8 Å². The lowest BCUT2D eigenvalue weighted by Gasteiger charge is -2.54. The monoisotopic (exact) mass is 618 g/mol. The van der Waals surface area contributed by atoms with Crippen LogP contribution in [-0.2, 0) is 42.7 Å². The molecule has 4 aliphatic rings. The second kappa shape index (κ2) is 12.7. The first-order valence-corrected chi connectivity index (χ1v) is 12.8. The molecule has 15 atom stereocenters. The third kappa shape index (κ3) is 5.75. The van der Waals surface area contributed by atoms with Crippen molar-refractivity contribution in [2.24, 2.45) is 0 Å². The fourth-order valence-electron chi connectivity index (χ4n) is 4.98. The summed E-state index contributed by atoms with van der Waals surface area (Å²) in [6.45, 7) is -3.00. The molecule has 0 bridgehead atoms. The van der Waals surface area contributed by atoms with E-state index in [1.165, 1.54) is 0 Å². The molecule has 42 heavy (non-hydrogen) atoms. The summed E-state index contributed by atoms with van der Waals surface area (Å²) in [5.74, 6) is -9.54. The van der Waals surface area contributed by atoms with Crippen molar-refractivity contribution in [1.82, 2.24) is 0 Å².